The van der Waals surface area contributed by atoms with Gasteiger partial charge in [-0.15, -0.1) is 0 Å². The highest BCUT2D eigenvalue weighted by molar-refractivity contribution is 5.41. The molecule has 4 heteroatoms. The van der Waals surface area contributed by atoms with Crippen LogP contribution in [0.25, 0.3) is 0 Å². The van der Waals surface area contributed by atoms with Crippen LogP contribution in [0.2, 0.25) is 0 Å². The lowest BCUT2D eigenvalue weighted by Crippen LogP contribution is -2.46. The van der Waals surface area contributed by atoms with Gasteiger partial charge in [0.1, 0.15) is 12.1 Å². The second-order valence-electron chi connectivity index (χ2n) is 6.51. The van der Waals surface area contributed by atoms with Crippen molar-refractivity contribution in [2.24, 2.45) is 5.92 Å². The molecular formula is C17H30N4. The van der Waals surface area contributed by atoms with Gasteiger partial charge in [0.05, 0.1) is 0 Å². The molecule has 0 aromatic carbocycles. The maximum absolute atomic E-state index is 4.53. The highest BCUT2D eigenvalue weighted by atomic mass is 15.2. The fourth-order valence-corrected chi connectivity index (χ4v) is 2.99. The van der Waals surface area contributed by atoms with Crippen LogP contribution in [0, 0.1) is 5.92 Å². The Balaban J connectivity index is 2.01. The van der Waals surface area contributed by atoms with Gasteiger partial charge in [0.25, 0.3) is 0 Å². The number of aromatic nitrogens is 2. The second kappa shape index (κ2) is 8.32. The minimum atomic E-state index is 0.571. The third-order valence-electron chi connectivity index (χ3n) is 4.07. The summed E-state index contributed by atoms with van der Waals surface area (Å²) in [5, 5.41) is 3.61. The molecule has 1 aromatic heterocycles. The van der Waals surface area contributed by atoms with E-state index in [1.165, 1.54) is 25.0 Å². The van der Waals surface area contributed by atoms with Gasteiger partial charge in [-0.1, -0.05) is 27.2 Å². The molecule has 0 amide bonds. The Bertz CT molecular complexity index is 419. The molecule has 1 saturated heterocycles. The van der Waals surface area contributed by atoms with Gasteiger partial charge in [-0.2, -0.15) is 0 Å². The summed E-state index contributed by atoms with van der Waals surface area (Å²) in [5.41, 5.74) is 1.17. The topological polar surface area (TPSA) is 41.0 Å². The molecule has 4 nitrogen and oxygen atoms in total. The number of rotatable bonds is 7. The fourth-order valence-electron chi connectivity index (χ4n) is 2.99. The molecule has 118 valence electrons. The first-order valence-corrected chi connectivity index (χ1v) is 8.49. The van der Waals surface area contributed by atoms with Crippen molar-refractivity contribution in [2.75, 3.05) is 24.5 Å². The number of hydrogen-bond donors (Lipinski definition) is 1. The van der Waals surface area contributed by atoms with E-state index in [2.05, 4.69) is 47.0 Å². The molecule has 0 bridgehead atoms. The van der Waals surface area contributed by atoms with Crippen LogP contribution in [0.1, 0.15) is 52.1 Å². The van der Waals surface area contributed by atoms with Crippen molar-refractivity contribution in [3.63, 3.8) is 0 Å². The van der Waals surface area contributed by atoms with Crippen molar-refractivity contribution >= 4 is 5.82 Å². The number of anilines is 1. The zero-order valence-corrected chi connectivity index (χ0v) is 13.8. The van der Waals surface area contributed by atoms with Gasteiger partial charge >= 0.3 is 0 Å². The summed E-state index contributed by atoms with van der Waals surface area (Å²) >= 11 is 0. The van der Waals surface area contributed by atoms with Gasteiger partial charge in [0.2, 0.25) is 0 Å². The van der Waals surface area contributed by atoms with E-state index in [0.29, 0.717) is 12.0 Å². The summed E-state index contributed by atoms with van der Waals surface area (Å²) in [6, 6.07) is 2.76. The molecular weight excluding hydrogens is 260 g/mol. The van der Waals surface area contributed by atoms with Gasteiger partial charge in [-0.05, 0) is 38.1 Å². The zero-order valence-electron chi connectivity index (χ0n) is 13.8. The maximum atomic E-state index is 4.53. The average molecular weight is 290 g/mol. The first-order valence-electron chi connectivity index (χ1n) is 8.49. The first-order chi connectivity index (χ1) is 10.2. The Labute approximate surface area is 129 Å². The lowest BCUT2D eigenvalue weighted by molar-refractivity contribution is 0.420. The minimum Gasteiger partial charge on any atom is -0.352 e. The molecule has 0 aliphatic carbocycles. The molecule has 1 aliphatic heterocycles. The van der Waals surface area contributed by atoms with Gasteiger partial charge in [0.15, 0.2) is 0 Å². The molecule has 0 radical (unpaired) electrons. The largest absolute Gasteiger partial charge is 0.352 e. The van der Waals surface area contributed by atoms with E-state index in [9.17, 15) is 0 Å². The summed E-state index contributed by atoms with van der Waals surface area (Å²) in [6.45, 7) is 9.98. The minimum absolute atomic E-state index is 0.571. The van der Waals surface area contributed by atoms with E-state index < -0.39 is 0 Å². The predicted molar refractivity (Wildman–Crippen MR) is 88.7 cm³/mol. The van der Waals surface area contributed by atoms with E-state index in [1.807, 2.05) is 0 Å². The quantitative estimate of drug-likeness (QED) is 0.838. The number of nitrogens with zero attached hydrogens (tertiary/aromatic N) is 3. The molecule has 1 atom stereocenters. The van der Waals surface area contributed by atoms with Gasteiger partial charge < -0.3 is 10.2 Å². The average Bonchev–Trinajstić information content (AvgIpc) is 2.48. The van der Waals surface area contributed by atoms with Crippen LogP contribution in [0.15, 0.2) is 12.4 Å². The molecule has 1 fully saturated rings. The standard InChI is InChI=1S/C17H30N4/c1-4-7-15-10-17(20-13-19-15)21-9-6-5-8-16(21)12-18-11-14(2)3/h10,13-14,16,18H,4-9,11-12H2,1-3H3. The smallest absolute Gasteiger partial charge is 0.132 e. The normalized spacial score (nSPS) is 19.2. The van der Waals surface area contributed by atoms with Crippen molar-refractivity contribution in [1.29, 1.82) is 0 Å². The van der Waals surface area contributed by atoms with E-state index in [-0.39, 0.29) is 0 Å². The molecule has 0 saturated carbocycles. The van der Waals surface area contributed by atoms with E-state index in [1.54, 1.807) is 6.33 Å². The lowest BCUT2D eigenvalue weighted by atomic mass is 10.0. The summed E-state index contributed by atoms with van der Waals surface area (Å²) in [5.74, 6) is 1.82. The van der Waals surface area contributed by atoms with Crippen LogP contribution in [-0.4, -0.2) is 35.6 Å². The van der Waals surface area contributed by atoms with Crippen molar-refractivity contribution in [2.45, 2.75) is 58.9 Å². The Morgan fingerprint density at radius 2 is 2.19 bits per heavy atom. The van der Waals surface area contributed by atoms with Gasteiger partial charge in [0, 0.05) is 30.9 Å². The SMILES string of the molecule is CCCc1cc(N2CCCCC2CNCC(C)C)ncn1. The Kier molecular flexibility index (Phi) is 6.43. The molecule has 1 N–H and O–H groups in total. The lowest BCUT2D eigenvalue weighted by Gasteiger charge is -2.37. The van der Waals surface area contributed by atoms with E-state index >= 15 is 0 Å². The second-order valence-corrected chi connectivity index (χ2v) is 6.51. The van der Waals surface area contributed by atoms with Gasteiger partial charge in [-0.25, -0.2) is 9.97 Å². The third kappa shape index (κ3) is 4.95. The Hall–Kier alpha value is -1.16. The summed E-state index contributed by atoms with van der Waals surface area (Å²) in [6.07, 6.45) is 7.77. The zero-order chi connectivity index (χ0) is 15.1. The number of hydrogen-bond acceptors (Lipinski definition) is 4. The summed E-state index contributed by atoms with van der Waals surface area (Å²) in [7, 11) is 0. The monoisotopic (exact) mass is 290 g/mol. The molecule has 1 unspecified atom stereocenters. The van der Waals surface area contributed by atoms with Crippen LogP contribution in [-0.2, 0) is 6.42 Å². The van der Waals surface area contributed by atoms with E-state index in [4.69, 9.17) is 0 Å². The van der Waals surface area contributed by atoms with Crippen LogP contribution in [0.3, 0.4) is 0 Å². The highest BCUT2D eigenvalue weighted by Gasteiger charge is 2.23. The van der Waals surface area contributed by atoms with Crippen molar-refractivity contribution < 1.29 is 0 Å². The molecule has 1 aliphatic rings. The maximum Gasteiger partial charge on any atom is 0.132 e. The summed E-state index contributed by atoms with van der Waals surface area (Å²) in [4.78, 5) is 11.4. The van der Waals surface area contributed by atoms with Gasteiger partial charge in [-0.3, -0.25) is 0 Å². The molecule has 0 spiro atoms. The predicted octanol–water partition coefficient (Wildman–Crippen LogP) is 3.03. The molecule has 2 rings (SSSR count). The van der Waals surface area contributed by atoms with Crippen molar-refractivity contribution in [3.05, 3.63) is 18.1 Å². The number of piperidine rings is 1. The Morgan fingerprint density at radius 3 is 2.95 bits per heavy atom. The highest BCUT2D eigenvalue weighted by Crippen LogP contribution is 2.23. The number of aryl methyl sites for hydroxylation is 1. The summed E-state index contributed by atoms with van der Waals surface area (Å²) < 4.78 is 0. The molecule has 21 heavy (non-hydrogen) atoms. The third-order valence-corrected chi connectivity index (χ3v) is 4.07. The van der Waals surface area contributed by atoms with Crippen LogP contribution in [0.5, 0.6) is 0 Å². The van der Waals surface area contributed by atoms with Crippen LogP contribution >= 0.6 is 0 Å². The molecule has 1 aromatic rings. The van der Waals surface area contributed by atoms with Crippen LogP contribution in [0.4, 0.5) is 5.82 Å². The van der Waals surface area contributed by atoms with E-state index in [0.717, 1.165) is 38.3 Å². The fraction of sp³-hybridized carbons (Fsp3) is 0.765. The first kappa shape index (κ1) is 16.2. The molecule has 2 heterocycles. The Morgan fingerprint density at radius 1 is 1.33 bits per heavy atom. The van der Waals surface area contributed by atoms with Crippen molar-refractivity contribution in [1.82, 2.24) is 15.3 Å². The number of nitrogens with one attached hydrogen (secondary N) is 1. The van der Waals surface area contributed by atoms with Crippen molar-refractivity contribution in [3.8, 4) is 0 Å². The van der Waals surface area contributed by atoms with Crippen LogP contribution < -0.4 is 10.2 Å².